The van der Waals surface area contributed by atoms with Crippen LogP contribution in [0.15, 0.2) is 46.6 Å². The van der Waals surface area contributed by atoms with E-state index in [9.17, 15) is 14.7 Å². The zero-order valence-corrected chi connectivity index (χ0v) is 16.7. The van der Waals surface area contributed by atoms with Crippen LogP contribution in [0.25, 0.3) is 6.08 Å². The third-order valence-corrected chi connectivity index (χ3v) is 4.73. The summed E-state index contributed by atoms with van der Waals surface area (Å²) in [6, 6.07) is 9.66. The third-order valence-electron chi connectivity index (χ3n) is 3.88. The molecule has 2 aromatic rings. The van der Waals surface area contributed by atoms with Crippen LogP contribution >= 0.6 is 27.5 Å². The summed E-state index contributed by atoms with van der Waals surface area (Å²) in [5, 5.41) is 13.1. The third kappa shape index (κ3) is 4.26. The van der Waals surface area contributed by atoms with Gasteiger partial charge in [-0.05, 0) is 64.3 Å². The van der Waals surface area contributed by atoms with Crippen molar-refractivity contribution in [1.82, 2.24) is 10.2 Å². The van der Waals surface area contributed by atoms with Gasteiger partial charge < -0.3 is 15.2 Å². The first-order chi connectivity index (χ1) is 12.9. The number of imide groups is 1. The second-order valence-corrected chi connectivity index (χ2v) is 7.08. The van der Waals surface area contributed by atoms with Crippen LogP contribution in [0, 0.1) is 0 Å². The standard InChI is InChI=1S/C19H16BrClN2O4/c1-2-27-16-9-12(7-14(20)17(16)24)8-15-18(25)23(19(26)22-15)10-11-3-5-13(21)6-4-11/h3-9,24H,2,10H2,1H3,(H,22,26)/b15-8+. The van der Waals surface area contributed by atoms with Crippen LogP contribution in [0.2, 0.25) is 5.02 Å². The SMILES string of the molecule is CCOc1cc(/C=C2/NC(=O)N(Cc3ccc(Cl)cc3)C2=O)cc(Br)c1O. The number of phenols is 1. The fourth-order valence-corrected chi connectivity index (χ4v) is 3.18. The van der Waals surface area contributed by atoms with E-state index in [1.807, 2.05) is 0 Å². The lowest BCUT2D eigenvalue weighted by molar-refractivity contribution is -0.123. The quantitative estimate of drug-likeness (QED) is 0.525. The first kappa shape index (κ1) is 19.3. The number of amides is 3. The Hall–Kier alpha value is -2.51. The van der Waals surface area contributed by atoms with Crippen LogP contribution in [0.4, 0.5) is 4.79 Å². The monoisotopic (exact) mass is 450 g/mol. The van der Waals surface area contributed by atoms with Gasteiger partial charge in [0.05, 0.1) is 17.6 Å². The van der Waals surface area contributed by atoms with E-state index in [2.05, 4.69) is 21.2 Å². The van der Waals surface area contributed by atoms with Crippen LogP contribution in [-0.4, -0.2) is 28.6 Å². The molecule has 1 fully saturated rings. The molecule has 0 aliphatic carbocycles. The van der Waals surface area contributed by atoms with Gasteiger partial charge in [-0.3, -0.25) is 9.69 Å². The maximum absolute atomic E-state index is 12.6. The molecule has 8 heteroatoms. The molecule has 6 nitrogen and oxygen atoms in total. The van der Waals surface area contributed by atoms with Crippen molar-refractivity contribution < 1.29 is 19.4 Å². The molecule has 140 valence electrons. The summed E-state index contributed by atoms with van der Waals surface area (Å²) in [6.45, 7) is 2.32. The predicted molar refractivity (Wildman–Crippen MR) is 105 cm³/mol. The molecule has 3 rings (SSSR count). The molecule has 2 N–H and O–H groups in total. The molecule has 0 radical (unpaired) electrons. The Morgan fingerprint density at radius 2 is 1.96 bits per heavy atom. The van der Waals surface area contributed by atoms with Gasteiger partial charge >= 0.3 is 6.03 Å². The minimum Gasteiger partial charge on any atom is -0.503 e. The average Bonchev–Trinajstić information content (AvgIpc) is 2.88. The largest absolute Gasteiger partial charge is 0.503 e. The Balaban J connectivity index is 1.85. The summed E-state index contributed by atoms with van der Waals surface area (Å²) < 4.78 is 5.80. The molecular formula is C19H16BrClN2O4. The van der Waals surface area contributed by atoms with Crippen molar-refractivity contribution in [3.8, 4) is 11.5 Å². The number of hydrogen-bond donors (Lipinski definition) is 2. The molecular weight excluding hydrogens is 436 g/mol. The number of urea groups is 1. The molecule has 1 saturated heterocycles. The van der Waals surface area contributed by atoms with E-state index >= 15 is 0 Å². The highest BCUT2D eigenvalue weighted by Gasteiger charge is 2.33. The highest BCUT2D eigenvalue weighted by Crippen LogP contribution is 2.36. The van der Waals surface area contributed by atoms with Gasteiger partial charge in [0.25, 0.3) is 5.91 Å². The summed E-state index contributed by atoms with van der Waals surface area (Å²) in [4.78, 5) is 25.9. The number of carbonyl (C=O) groups is 2. The number of nitrogens with zero attached hydrogens (tertiary/aromatic N) is 1. The Labute approximate surface area is 169 Å². The summed E-state index contributed by atoms with van der Waals surface area (Å²) >= 11 is 9.11. The summed E-state index contributed by atoms with van der Waals surface area (Å²) in [5.74, 6) is -0.171. The number of rotatable bonds is 5. The van der Waals surface area contributed by atoms with Gasteiger partial charge in [0.2, 0.25) is 0 Å². The van der Waals surface area contributed by atoms with E-state index in [1.165, 1.54) is 6.08 Å². The van der Waals surface area contributed by atoms with E-state index in [1.54, 1.807) is 43.3 Å². The van der Waals surface area contributed by atoms with Crippen molar-refractivity contribution in [3.05, 3.63) is 62.7 Å². The zero-order valence-electron chi connectivity index (χ0n) is 14.3. The molecule has 1 aliphatic rings. The van der Waals surface area contributed by atoms with Gasteiger partial charge in [0, 0.05) is 5.02 Å². The van der Waals surface area contributed by atoms with Gasteiger partial charge in [0.1, 0.15) is 5.70 Å². The maximum atomic E-state index is 12.6. The molecule has 0 atom stereocenters. The number of nitrogens with one attached hydrogen (secondary N) is 1. The first-order valence-electron chi connectivity index (χ1n) is 8.13. The number of ether oxygens (including phenoxy) is 1. The van der Waals surface area contributed by atoms with Crippen LogP contribution < -0.4 is 10.1 Å². The molecule has 0 unspecified atom stereocenters. The van der Waals surface area contributed by atoms with Gasteiger partial charge in [-0.15, -0.1) is 0 Å². The molecule has 27 heavy (non-hydrogen) atoms. The minimum absolute atomic E-state index is 0.0230. The van der Waals surface area contributed by atoms with Crippen molar-refractivity contribution in [2.75, 3.05) is 6.61 Å². The highest BCUT2D eigenvalue weighted by molar-refractivity contribution is 9.10. The number of benzene rings is 2. The second kappa shape index (κ2) is 8.02. The lowest BCUT2D eigenvalue weighted by Crippen LogP contribution is -2.30. The summed E-state index contributed by atoms with van der Waals surface area (Å²) in [5.41, 5.74) is 1.53. The molecule has 1 heterocycles. The van der Waals surface area contributed by atoms with Crippen LogP contribution in [-0.2, 0) is 11.3 Å². The molecule has 3 amide bonds. The van der Waals surface area contributed by atoms with Crippen LogP contribution in [0.1, 0.15) is 18.1 Å². The number of hydrogen-bond acceptors (Lipinski definition) is 4. The second-order valence-electron chi connectivity index (χ2n) is 5.79. The van der Waals surface area contributed by atoms with Crippen molar-refractivity contribution >= 4 is 45.5 Å². The minimum atomic E-state index is -0.496. The lowest BCUT2D eigenvalue weighted by Gasteiger charge is -2.11. The van der Waals surface area contributed by atoms with Crippen LogP contribution in [0.5, 0.6) is 11.5 Å². The van der Waals surface area contributed by atoms with Gasteiger partial charge in [-0.2, -0.15) is 0 Å². The highest BCUT2D eigenvalue weighted by atomic mass is 79.9. The van der Waals surface area contributed by atoms with E-state index in [4.69, 9.17) is 16.3 Å². The normalized spacial score (nSPS) is 15.4. The smallest absolute Gasteiger partial charge is 0.329 e. The fourth-order valence-electron chi connectivity index (χ4n) is 2.60. The Bertz CT molecular complexity index is 928. The fraction of sp³-hybridized carbons (Fsp3) is 0.158. The Morgan fingerprint density at radius 3 is 2.63 bits per heavy atom. The molecule has 2 aromatic carbocycles. The van der Waals surface area contributed by atoms with Crippen molar-refractivity contribution in [2.45, 2.75) is 13.5 Å². The lowest BCUT2D eigenvalue weighted by atomic mass is 10.1. The van der Waals surface area contributed by atoms with Crippen molar-refractivity contribution in [3.63, 3.8) is 0 Å². The molecule has 0 spiro atoms. The van der Waals surface area contributed by atoms with E-state index < -0.39 is 11.9 Å². The van der Waals surface area contributed by atoms with E-state index in [0.29, 0.717) is 21.7 Å². The van der Waals surface area contributed by atoms with Gasteiger partial charge in [-0.1, -0.05) is 23.7 Å². The topological polar surface area (TPSA) is 78.9 Å². The predicted octanol–water partition coefficient (Wildman–Crippen LogP) is 4.30. The number of halogens is 2. The molecule has 0 aromatic heterocycles. The maximum Gasteiger partial charge on any atom is 0.329 e. The van der Waals surface area contributed by atoms with E-state index in [-0.39, 0.29) is 23.7 Å². The Kier molecular flexibility index (Phi) is 5.72. The van der Waals surface area contributed by atoms with E-state index in [0.717, 1.165) is 10.5 Å². The van der Waals surface area contributed by atoms with Gasteiger partial charge in [-0.25, -0.2) is 4.79 Å². The Morgan fingerprint density at radius 1 is 1.26 bits per heavy atom. The number of aromatic hydroxyl groups is 1. The number of carbonyl (C=O) groups excluding carboxylic acids is 2. The first-order valence-corrected chi connectivity index (χ1v) is 9.30. The van der Waals surface area contributed by atoms with Crippen molar-refractivity contribution in [2.24, 2.45) is 0 Å². The molecule has 0 saturated carbocycles. The molecule has 0 bridgehead atoms. The summed E-state index contributed by atoms with van der Waals surface area (Å²) in [7, 11) is 0. The van der Waals surface area contributed by atoms with Crippen molar-refractivity contribution in [1.29, 1.82) is 0 Å². The summed E-state index contributed by atoms with van der Waals surface area (Å²) in [6.07, 6.45) is 1.54. The van der Waals surface area contributed by atoms with Gasteiger partial charge in [0.15, 0.2) is 11.5 Å². The average molecular weight is 452 g/mol. The number of phenolic OH excluding ortho intramolecular Hbond substituents is 1. The van der Waals surface area contributed by atoms with Crippen LogP contribution in [0.3, 0.4) is 0 Å². The zero-order chi connectivity index (χ0) is 19.6. The molecule has 1 aliphatic heterocycles.